The summed E-state index contributed by atoms with van der Waals surface area (Å²) < 4.78 is 10.7. The van der Waals surface area contributed by atoms with Crippen LogP contribution in [-0.2, 0) is 9.47 Å². The lowest BCUT2D eigenvalue weighted by Crippen LogP contribution is -2.40. The van der Waals surface area contributed by atoms with Crippen LogP contribution in [-0.4, -0.2) is 56.6 Å². The molecule has 1 aromatic heterocycles. The fraction of sp³-hybridized carbons (Fsp3) is 0.600. The molecule has 0 radical (unpaired) electrons. The summed E-state index contributed by atoms with van der Waals surface area (Å²) >= 11 is 0. The highest BCUT2D eigenvalue weighted by molar-refractivity contribution is 4.93. The molecule has 2 rings (SSSR count). The van der Waals surface area contributed by atoms with Crippen molar-refractivity contribution in [3.63, 3.8) is 0 Å². The summed E-state index contributed by atoms with van der Waals surface area (Å²) in [5.41, 5.74) is -1.39. The van der Waals surface area contributed by atoms with Crippen molar-refractivity contribution in [2.75, 3.05) is 7.11 Å². The summed E-state index contributed by atoms with van der Waals surface area (Å²) in [6.07, 6.45) is -5.63. The fourth-order valence-corrected chi connectivity index (χ4v) is 1.91. The molecule has 2 heterocycles. The van der Waals surface area contributed by atoms with E-state index in [9.17, 15) is 24.9 Å². The van der Waals surface area contributed by atoms with Crippen molar-refractivity contribution >= 4 is 0 Å². The molecule has 106 valence electrons. The number of aliphatic hydroxyl groups excluding tert-OH is 3. The van der Waals surface area contributed by atoms with Crippen molar-refractivity contribution in [3.05, 3.63) is 33.1 Å². The molecule has 0 saturated carbocycles. The van der Waals surface area contributed by atoms with Gasteiger partial charge in [0.1, 0.15) is 18.3 Å². The van der Waals surface area contributed by atoms with Crippen LogP contribution in [0.15, 0.2) is 21.9 Å². The summed E-state index contributed by atoms with van der Waals surface area (Å²) in [5.74, 6) is 0. The van der Waals surface area contributed by atoms with E-state index in [-0.39, 0.29) is 0 Å². The maximum absolute atomic E-state index is 11.6. The predicted molar refractivity (Wildman–Crippen MR) is 60.3 cm³/mol. The number of aromatic amines is 1. The van der Waals surface area contributed by atoms with E-state index < -0.39 is 42.1 Å². The average Bonchev–Trinajstić information content (AvgIpc) is 2.66. The van der Waals surface area contributed by atoms with Gasteiger partial charge in [-0.3, -0.25) is 14.3 Å². The third-order valence-corrected chi connectivity index (χ3v) is 2.92. The minimum Gasteiger partial charge on any atom is -0.387 e. The van der Waals surface area contributed by atoms with E-state index in [1.807, 2.05) is 4.98 Å². The topological polar surface area (TPSA) is 134 Å². The Kier molecular flexibility index (Phi) is 3.83. The zero-order valence-electron chi connectivity index (χ0n) is 9.96. The Hall–Kier alpha value is -1.52. The largest absolute Gasteiger partial charge is 0.387 e. The molecule has 9 heteroatoms. The van der Waals surface area contributed by atoms with Gasteiger partial charge in [-0.15, -0.1) is 0 Å². The summed E-state index contributed by atoms with van der Waals surface area (Å²) in [4.78, 5) is 24.5. The van der Waals surface area contributed by atoms with Crippen LogP contribution in [0.2, 0.25) is 0 Å². The van der Waals surface area contributed by atoms with E-state index >= 15 is 0 Å². The first-order chi connectivity index (χ1) is 8.95. The highest BCUT2D eigenvalue weighted by Crippen LogP contribution is 2.30. The molecule has 19 heavy (non-hydrogen) atoms. The van der Waals surface area contributed by atoms with Crippen LogP contribution in [0, 0.1) is 0 Å². The van der Waals surface area contributed by atoms with Crippen molar-refractivity contribution in [1.82, 2.24) is 9.55 Å². The van der Waals surface area contributed by atoms with Gasteiger partial charge >= 0.3 is 5.69 Å². The molecule has 5 atom stereocenters. The molecule has 1 aromatic rings. The number of methoxy groups -OCH3 is 1. The number of hydrogen-bond donors (Lipinski definition) is 4. The molecule has 0 amide bonds. The molecule has 0 bridgehead atoms. The maximum Gasteiger partial charge on any atom is 0.330 e. The molecule has 1 aliphatic rings. The Balaban J connectivity index is 2.31. The molecule has 1 unspecified atom stereocenters. The van der Waals surface area contributed by atoms with Gasteiger partial charge in [0.05, 0.1) is 0 Å². The second-order valence-corrected chi connectivity index (χ2v) is 4.12. The van der Waals surface area contributed by atoms with Gasteiger partial charge in [0, 0.05) is 19.4 Å². The van der Waals surface area contributed by atoms with E-state index in [4.69, 9.17) is 4.74 Å². The zero-order chi connectivity index (χ0) is 14.2. The molecule has 0 aromatic carbocycles. The zero-order valence-corrected chi connectivity index (χ0v) is 9.96. The monoisotopic (exact) mass is 274 g/mol. The Bertz CT molecular complexity index is 553. The third-order valence-electron chi connectivity index (χ3n) is 2.92. The van der Waals surface area contributed by atoms with E-state index in [2.05, 4.69) is 4.74 Å². The SMILES string of the molecule is COC(O)[C@H]1O[C@@H](n2ccc(=O)[nH]c2=O)[C@H](O)[C@@H]1O. The number of hydrogen-bond acceptors (Lipinski definition) is 7. The van der Waals surface area contributed by atoms with Gasteiger partial charge in [0.25, 0.3) is 5.56 Å². The Labute approximate surface area is 106 Å². The summed E-state index contributed by atoms with van der Waals surface area (Å²) in [5, 5.41) is 29.0. The average molecular weight is 274 g/mol. The number of rotatable bonds is 3. The maximum atomic E-state index is 11.6. The van der Waals surface area contributed by atoms with Gasteiger partial charge in [-0.05, 0) is 0 Å². The second-order valence-electron chi connectivity index (χ2n) is 4.12. The van der Waals surface area contributed by atoms with Crippen molar-refractivity contribution in [2.45, 2.75) is 30.8 Å². The lowest BCUT2D eigenvalue weighted by Gasteiger charge is -2.19. The number of aliphatic hydroxyl groups is 3. The van der Waals surface area contributed by atoms with Crippen LogP contribution in [0.4, 0.5) is 0 Å². The smallest absolute Gasteiger partial charge is 0.330 e. The number of nitrogens with zero attached hydrogens (tertiary/aromatic N) is 1. The standard InChI is InChI=1S/C10H14N2O7/c1-18-9(16)7-5(14)6(15)8(19-7)12-3-2-4(13)11-10(12)17/h2-3,5-9,14-16H,1H3,(H,11,13,17)/t5-,6+,7-,8+,9?/m0/s1. The minimum absolute atomic E-state index is 0.595. The van der Waals surface area contributed by atoms with Crippen LogP contribution in [0.5, 0.6) is 0 Å². The predicted octanol–water partition coefficient (Wildman–Crippen LogP) is -2.88. The van der Waals surface area contributed by atoms with Crippen molar-refractivity contribution < 1.29 is 24.8 Å². The van der Waals surface area contributed by atoms with Crippen LogP contribution in [0.3, 0.4) is 0 Å². The van der Waals surface area contributed by atoms with Gasteiger partial charge in [-0.1, -0.05) is 0 Å². The first-order valence-corrected chi connectivity index (χ1v) is 5.49. The van der Waals surface area contributed by atoms with Gasteiger partial charge in [0.15, 0.2) is 12.5 Å². The van der Waals surface area contributed by atoms with E-state index in [1.165, 1.54) is 7.11 Å². The Morgan fingerprint density at radius 2 is 2.11 bits per heavy atom. The van der Waals surface area contributed by atoms with Crippen molar-refractivity contribution in [3.8, 4) is 0 Å². The van der Waals surface area contributed by atoms with Gasteiger partial charge in [-0.25, -0.2) is 4.79 Å². The molecular weight excluding hydrogens is 260 g/mol. The van der Waals surface area contributed by atoms with E-state index in [0.29, 0.717) is 0 Å². The van der Waals surface area contributed by atoms with Gasteiger partial charge in [-0.2, -0.15) is 0 Å². The third kappa shape index (κ3) is 2.46. The van der Waals surface area contributed by atoms with Crippen LogP contribution in [0.25, 0.3) is 0 Å². The summed E-state index contributed by atoms with van der Waals surface area (Å²) in [6.45, 7) is 0. The highest BCUT2D eigenvalue weighted by Gasteiger charge is 2.47. The first kappa shape index (κ1) is 13.9. The van der Waals surface area contributed by atoms with Crippen LogP contribution in [0.1, 0.15) is 6.23 Å². The van der Waals surface area contributed by atoms with Crippen molar-refractivity contribution in [2.24, 2.45) is 0 Å². The lowest BCUT2D eigenvalue weighted by molar-refractivity contribution is -0.183. The number of nitrogens with one attached hydrogen (secondary N) is 1. The molecule has 0 spiro atoms. The molecule has 0 aliphatic carbocycles. The van der Waals surface area contributed by atoms with E-state index in [0.717, 1.165) is 16.8 Å². The van der Waals surface area contributed by atoms with Crippen LogP contribution >= 0.6 is 0 Å². The number of ether oxygens (including phenoxy) is 2. The molecule has 1 fully saturated rings. The molecule has 1 aliphatic heterocycles. The first-order valence-electron chi connectivity index (χ1n) is 5.49. The van der Waals surface area contributed by atoms with Crippen LogP contribution < -0.4 is 11.2 Å². The lowest BCUT2D eigenvalue weighted by atomic mass is 10.1. The van der Waals surface area contributed by atoms with Gasteiger partial charge in [0.2, 0.25) is 0 Å². The Morgan fingerprint density at radius 3 is 2.68 bits per heavy atom. The second kappa shape index (κ2) is 5.23. The summed E-state index contributed by atoms with van der Waals surface area (Å²) in [7, 11) is 1.20. The highest BCUT2D eigenvalue weighted by atomic mass is 16.6. The van der Waals surface area contributed by atoms with E-state index in [1.54, 1.807) is 0 Å². The number of H-pyrrole nitrogens is 1. The minimum atomic E-state index is -1.45. The summed E-state index contributed by atoms with van der Waals surface area (Å²) in [6, 6.07) is 1.07. The van der Waals surface area contributed by atoms with Gasteiger partial charge < -0.3 is 24.8 Å². The quantitative estimate of drug-likeness (QED) is 0.435. The molecule has 4 N–H and O–H groups in total. The van der Waals surface area contributed by atoms with Crippen molar-refractivity contribution in [1.29, 1.82) is 0 Å². The fourth-order valence-electron chi connectivity index (χ4n) is 1.91. The Morgan fingerprint density at radius 1 is 1.42 bits per heavy atom. The molecule has 1 saturated heterocycles. The normalized spacial score (nSPS) is 32.4. The number of aromatic nitrogens is 2. The molecule has 9 nitrogen and oxygen atoms in total. The molecular formula is C10H14N2O7.